The molecular formula is C17H25N5O3. The van der Waals surface area contributed by atoms with Crippen molar-refractivity contribution in [1.29, 1.82) is 0 Å². The second-order valence-corrected chi connectivity index (χ2v) is 5.65. The van der Waals surface area contributed by atoms with Gasteiger partial charge in [0.15, 0.2) is 0 Å². The zero-order chi connectivity index (χ0) is 18.8. The maximum absolute atomic E-state index is 12.1. The number of amides is 3. The molecule has 0 unspecified atom stereocenters. The van der Waals surface area contributed by atoms with Crippen LogP contribution >= 0.6 is 0 Å². The number of carbonyl (C=O) groups is 3. The van der Waals surface area contributed by atoms with Crippen molar-refractivity contribution in [2.45, 2.75) is 46.5 Å². The average Bonchev–Trinajstić information content (AvgIpc) is 2.59. The molecule has 0 fully saturated rings. The number of urea groups is 1. The van der Waals surface area contributed by atoms with E-state index >= 15 is 0 Å². The van der Waals surface area contributed by atoms with E-state index in [1.54, 1.807) is 0 Å². The molecule has 1 aromatic rings. The molecule has 0 aromatic heterocycles. The number of para-hydroxylation sites is 1. The summed E-state index contributed by atoms with van der Waals surface area (Å²) >= 11 is 0. The van der Waals surface area contributed by atoms with Gasteiger partial charge >= 0.3 is 6.03 Å². The smallest absolute Gasteiger partial charge is 0.326 e. The Bertz CT molecular complexity index is 650. The quantitative estimate of drug-likeness (QED) is 0.248. The van der Waals surface area contributed by atoms with Crippen LogP contribution < -0.4 is 22.0 Å². The Morgan fingerprint density at radius 1 is 1.12 bits per heavy atom. The number of aryl methyl sites for hydroxylation is 2. The Balaban J connectivity index is 2.50. The first-order chi connectivity index (χ1) is 11.9. The lowest BCUT2D eigenvalue weighted by atomic mass is 10.1. The SMILES string of the molecule is CCC(CC(=O)CCC(=O)Nc1c(C)cccc1C)=NNC(=O)NN. The Hall–Kier alpha value is -2.74. The van der Waals surface area contributed by atoms with Crippen molar-refractivity contribution in [3.63, 3.8) is 0 Å². The summed E-state index contributed by atoms with van der Waals surface area (Å²) < 4.78 is 0. The molecule has 0 atom stereocenters. The molecule has 0 bridgehead atoms. The number of benzene rings is 1. The number of hydrogen-bond donors (Lipinski definition) is 4. The number of hydrazone groups is 1. The highest BCUT2D eigenvalue weighted by Gasteiger charge is 2.12. The highest BCUT2D eigenvalue weighted by molar-refractivity contribution is 6.03. The van der Waals surface area contributed by atoms with Crippen LogP contribution in [0, 0.1) is 13.8 Å². The first-order valence-electron chi connectivity index (χ1n) is 8.07. The number of carbonyl (C=O) groups excluding carboxylic acids is 3. The highest BCUT2D eigenvalue weighted by Crippen LogP contribution is 2.19. The lowest BCUT2D eigenvalue weighted by Gasteiger charge is -2.11. The number of nitrogens with one attached hydrogen (secondary N) is 3. The Labute approximate surface area is 147 Å². The van der Waals surface area contributed by atoms with Crippen molar-refractivity contribution in [2.75, 3.05) is 5.32 Å². The van der Waals surface area contributed by atoms with E-state index in [0.717, 1.165) is 16.8 Å². The number of nitrogens with two attached hydrogens (primary N) is 1. The van der Waals surface area contributed by atoms with Crippen molar-refractivity contribution in [3.8, 4) is 0 Å². The molecule has 0 saturated carbocycles. The summed E-state index contributed by atoms with van der Waals surface area (Å²) in [6.45, 7) is 5.66. The molecule has 0 aliphatic heterocycles. The van der Waals surface area contributed by atoms with Gasteiger partial charge in [-0.2, -0.15) is 5.10 Å². The summed E-state index contributed by atoms with van der Waals surface area (Å²) in [6, 6.07) is 5.10. The predicted octanol–water partition coefficient (Wildman–Crippen LogP) is 1.92. The Kier molecular flexibility index (Phi) is 8.28. The maximum Gasteiger partial charge on any atom is 0.349 e. The predicted molar refractivity (Wildman–Crippen MR) is 97.0 cm³/mol. The van der Waals surface area contributed by atoms with Crippen molar-refractivity contribution in [3.05, 3.63) is 29.3 Å². The fourth-order valence-electron chi connectivity index (χ4n) is 2.19. The van der Waals surface area contributed by atoms with Gasteiger partial charge in [-0.25, -0.2) is 16.1 Å². The van der Waals surface area contributed by atoms with Crippen molar-refractivity contribution in [2.24, 2.45) is 10.9 Å². The number of ketones is 1. The van der Waals surface area contributed by atoms with E-state index < -0.39 is 6.03 Å². The largest absolute Gasteiger partial charge is 0.349 e. The van der Waals surface area contributed by atoms with Gasteiger partial charge < -0.3 is 5.32 Å². The third-order valence-corrected chi connectivity index (χ3v) is 3.63. The maximum atomic E-state index is 12.1. The molecule has 8 nitrogen and oxygen atoms in total. The summed E-state index contributed by atoms with van der Waals surface area (Å²) in [5.74, 6) is 4.60. The van der Waals surface area contributed by atoms with E-state index in [1.165, 1.54) is 0 Å². The zero-order valence-electron chi connectivity index (χ0n) is 14.8. The van der Waals surface area contributed by atoms with E-state index in [9.17, 15) is 14.4 Å². The van der Waals surface area contributed by atoms with Gasteiger partial charge in [0, 0.05) is 30.7 Å². The van der Waals surface area contributed by atoms with Crippen molar-refractivity contribution < 1.29 is 14.4 Å². The molecule has 3 amide bonds. The van der Waals surface area contributed by atoms with Crippen LogP contribution in [-0.4, -0.2) is 23.4 Å². The molecule has 25 heavy (non-hydrogen) atoms. The summed E-state index contributed by atoms with van der Waals surface area (Å²) in [5.41, 5.74) is 7.31. The van der Waals surface area contributed by atoms with Crippen LogP contribution in [0.2, 0.25) is 0 Å². The second-order valence-electron chi connectivity index (χ2n) is 5.65. The van der Waals surface area contributed by atoms with Crippen LogP contribution in [-0.2, 0) is 9.59 Å². The molecule has 0 aliphatic rings. The fraction of sp³-hybridized carbons (Fsp3) is 0.412. The van der Waals surface area contributed by atoms with Crippen LogP contribution in [0.4, 0.5) is 10.5 Å². The lowest BCUT2D eigenvalue weighted by molar-refractivity contribution is -0.122. The van der Waals surface area contributed by atoms with Gasteiger partial charge in [0.25, 0.3) is 0 Å². The standard InChI is InChI=1S/C17H25N5O3/c1-4-13(21-22-17(25)20-18)10-14(23)8-9-15(24)19-16-11(2)6-5-7-12(16)3/h5-7H,4,8-10,18H2,1-3H3,(H,19,24)(H2,20,22,25). The van der Waals surface area contributed by atoms with E-state index in [2.05, 4.69) is 15.8 Å². The van der Waals surface area contributed by atoms with E-state index in [1.807, 2.05) is 44.4 Å². The molecule has 0 aliphatic carbocycles. The molecule has 0 heterocycles. The van der Waals surface area contributed by atoms with Gasteiger partial charge in [0.05, 0.1) is 0 Å². The molecule has 8 heteroatoms. The van der Waals surface area contributed by atoms with Crippen LogP contribution in [0.25, 0.3) is 0 Å². The molecule has 5 N–H and O–H groups in total. The van der Waals surface area contributed by atoms with Crippen LogP contribution in [0.5, 0.6) is 0 Å². The van der Waals surface area contributed by atoms with E-state index in [4.69, 9.17) is 5.84 Å². The molecule has 1 rings (SSSR count). The number of hydrazine groups is 1. The number of nitrogens with zero attached hydrogens (tertiary/aromatic N) is 1. The van der Waals surface area contributed by atoms with Gasteiger partial charge in [-0.15, -0.1) is 0 Å². The van der Waals surface area contributed by atoms with Gasteiger partial charge in [-0.1, -0.05) is 25.1 Å². The molecule has 0 spiro atoms. The lowest BCUT2D eigenvalue weighted by Crippen LogP contribution is -2.37. The second kappa shape index (κ2) is 10.2. The number of hydrogen-bond acceptors (Lipinski definition) is 5. The summed E-state index contributed by atoms with van der Waals surface area (Å²) in [7, 11) is 0. The fourth-order valence-corrected chi connectivity index (χ4v) is 2.19. The minimum Gasteiger partial charge on any atom is -0.326 e. The first-order valence-corrected chi connectivity index (χ1v) is 8.07. The third-order valence-electron chi connectivity index (χ3n) is 3.63. The van der Waals surface area contributed by atoms with Crippen LogP contribution in [0.1, 0.15) is 43.7 Å². The monoisotopic (exact) mass is 347 g/mol. The summed E-state index contributed by atoms with van der Waals surface area (Å²) in [6.07, 6.45) is 0.794. The average molecular weight is 347 g/mol. The van der Waals surface area contributed by atoms with Gasteiger partial charge in [0.2, 0.25) is 5.91 Å². The third kappa shape index (κ3) is 7.13. The van der Waals surface area contributed by atoms with Gasteiger partial charge in [-0.3, -0.25) is 15.0 Å². The summed E-state index contributed by atoms with van der Waals surface area (Å²) in [4.78, 5) is 35.0. The van der Waals surface area contributed by atoms with Gasteiger partial charge in [0.1, 0.15) is 5.78 Å². The topological polar surface area (TPSA) is 126 Å². The molecule has 136 valence electrons. The Morgan fingerprint density at radius 3 is 2.32 bits per heavy atom. The Morgan fingerprint density at radius 2 is 1.76 bits per heavy atom. The van der Waals surface area contributed by atoms with Crippen LogP contribution in [0.15, 0.2) is 23.3 Å². The minimum absolute atomic E-state index is 0.0814. The van der Waals surface area contributed by atoms with Crippen molar-refractivity contribution >= 4 is 29.1 Å². The first kappa shape index (κ1) is 20.3. The molecule has 0 radical (unpaired) electrons. The molecular weight excluding hydrogens is 322 g/mol. The van der Waals surface area contributed by atoms with E-state index in [-0.39, 0.29) is 31.0 Å². The normalized spacial score (nSPS) is 11.0. The highest BCUT2D eigenvalue weighted by atomic mass is 16.2. The van der Waals surface area contributed by atoms with E-state index in [0.29, 0.717) is 12.1 Å². The zero-order valence-corrected chi connectivity index (χ0v) is 14.8. The van der Waals surface area contributed by atoms with Crippen molar-refractivity contribution in [1.82, 2.24) is 10.9 Å². The minimum atomic E-state index is -0.661. The number of Topliss-reactive ketones (excluding diaryl/α,β-unsaturated/α-hetero) is 1. The summed E-state index contributed by atoms with van der Waals surface area (Å²) in [5, 5.41) is 6.67. The van der Waals surface area contributed by atoms with Gasteiger partial charge in [-0.05, 0) is 31.4 Å². The molecule has 1 aromatic carbocycles. The number of anilines is 1. The molecule has 0 saturated heterocycles. The van der Waals surface area contributed by atoms with Crippen LogP contribution in [0.3, 0.4) is 0 Å². The number of rotatable bonds is 8.